The largest absolute Gasteiger partial charge is 0.335 e. The quantitative estimate of drug-likeness (QED) is 0.504. The number of rotatable bonds is 6. The Balaban J connectivity index is 5.43. The van der Waals surface area contributed by atoms with Crippen LogP contribution in [0.5, 0.6) is 0 Å². The lowest BCUT2D eigenvalue weighted by Crippen LogP contribution is -2.69. The number of hydrogen-bond acceptors (Lipinski definition) is 2. The highest BCUT2D eigenvalue weighted by atomic mass is 28.4. The fourth-order valence-electron chi connectivity index (χ4n) is 3.00. The molecule has 0 amide bonds. The van der Waals surface area contributed by atoms with Crippen molar-refractivity contribution < 1.29 is 0 Å². The van der Waals surface area contributed by atoms with Gasteiger partial charge in [0.15, 0.2) is 0 Å². The molecule has 0 unspecified atom stereocenters. The van der Waals surface area contributed by atoms with Crippen LogP contribution < -0.4 is 0 Å². The third-order valence-corrected chi connectivity index (χ3v) is 18.6. The maximum Gasteiger partial charge on any atom is 0.113 e. The fraction of sp³-hybridized carbons (Fsp3) is 1.00. The van der Waals surface area contributed by atoms with Crippen molar-refractivity contribution in [1.29, 1.82) is 0 Å². The molecule has 0 aliphatic rings. The van der Waals surface area contributed by atoms with Gasteiger partial charge in [0.2, 0.25) is 0 Å². The molecule has 0 spiro atoms. The summed E-state index contributed by atoms with van der Waals surface area (Å²) in [4.78, 5) is 0. The van der Waals surface area contributed by atoms with E-state index in [-0.39, 0.29) is 0 Å². The second kappa shape index (κ2) is 5.88. The van der Waals surface area contributed by atoms with Gasteiger partial charge in [-0.1, -0.05) is 78.6 Å². The van der Waals surface area contributed by atoms with Gasteiger partial charge in [-0.05, 0) is 0 Å². The first-order chi connectivity index (χ1) is 7.97. The van der Waals surface area contributed by atoms with E-state index in [0.717, 1.165) is 0 Å². The minimum absolute atomic E-state index is 1.23. The van der Waals surface area contributed by atoms with Crippen LogP contribution in [0.2, 0.25) is 78.6 Å². The van der Waals surface area contributed by atoms with Crippen LogP contribution in [-0.4, -0.2) is 48.1 Å². The summed E-state index contributed by atoms with van der Waals surface area (Å²) >= 11 is 0. The van der Waals surface area contributed by atoms with Crippen LogP contribution in [0.3, 0.4) is 0 Å². The van der Waals surface area contributed by atoms with E-state index in [0.29, 0.717) is 0 Å². The molecule has 0 aromatic carbocycles. The standard InChI is InChI=1S/C13H38N2Si4/c1-16(2,3)14(17(4,5)6)13-15(18(7,8)9)19(10,11)12/h13H2,1-12H3. The lowest BCUT2D eigenvalue weighted by Gasteiger charge is -2.52. The minimum atomic E-state index is -1.24. The van der Waals surface area contributed by atoms with E-state index < -0.39 is 32.9 Å². The first kappa shape index (κ1) is 19.8. The Bertz CT molecular complexity index is 234. The molecule has 2 nitrogen and oxygen atoms in total. The van der Waals surface area contributed by atoms with E-state index in [1.54, 1.807) is 0 Å². The van der Waals surface area contributed by atoms with Crippen molar-refractivity contribution >= 4 is 32.9 Å². The average Bonchev–Trinajstić information content (AvgIpc) is 1.91. The molecule has 0 bridgehead atoms. The first-order valence-electron chi connectivity index (χ1n) is 7.53. The number of hydrogen-bond donors (Lipinski definition) is 0. The zero-order chi connectivity index (χ0) is 15.9. The molecule has 6 heteroatoms. The SMILES string of the molecule is C[Si](C)(C)N(CN([Si](C)(C)C)[Si](C)(C)C)[Si](C)(C)C. The van der Waals surface area contributed by atoms with Gasteiger partial charge in [0.05, 0.1) is 0 Å². The van der Waals surface area contributed by atoms with Crippen LogP contribution in [0.4, 0.5) is 0 Å². The maximum atomic E-state index is 2.94. The molecular weight excluding hydrogens is 297 g/mol. The summed E-state index contributed by atoms with van der Waals surface area (Å²) in [5.74, 6) is 0. The van der Waals surface area contributed by atoms with Crippen molar-refractivity contribution in [3.05, 3.63) is 0 Å². The molecule has 0 N–H and O–H groups in total. The first-order valence-corrected chi connectivity index (χ1v) is 21.3. The third kappa shape index (κ3) is 6.39. The van der Waals surface area contributed by atoms with Gasteiger partial charge in [0, 0.05) is 6.67 Å². The summed E-state index contributed by atoms with van der Waals surface area (Å²) < 4.78 is 5.88. The minimum Gasteiger partial charge on any atom is -0.335 e. The van der Waals surface area contributed by atoms with Gasteiger partial charge >= 0.3 is 0 Å². The second-order valence-corrected chi connectivity index (χ2v) is 30.1. The normalized spacial score (nSPS) is 15.5. The molecule has 0 saturated carbocycles. The molecule has 0 aromatic heterocycles. The van der Waals surface area contributed by atoms with Crippen molar-refractivity contribution in [3.63, 3.8) is 0 Å². The van der Waals surface area contributed by atoms with Crippen molar-refractivity contribution in [2.75, 3.05) is 6.67 Å². The molecule has 0 saturated heterocycles. The van der Waals surface area contributed by atoms with Crippen LogP contribution in [0, 0.1) is 0 Å². The van der Waals surface area contributed by atoms with Gasteiger partial charge in [0.1, 0.15) is 32.9 Å². The Morgan fingerprint density at radius 3 is 0.684 bits per heavy atom. The highest BCUT2D eigenvalue weighted by Crippen LogP contribution is 2.26. The summed E-state index contributed by atoms with van der Waals surface area (Å²) in [7, 11) is -4.98. The van der Waals surface area contributed by atoms with Crippen molar-refractivity contribution in [3.8, 4) is 0 Å². The van der Waals surface area contributed by atoms with E-state index in [1.807, 2.05) is 0 Å². The molecule has 0 radical (unpaired) electrons. The monoisotopic (exact) mass is 334 g/mol. The van der Waals surface area contributed by atoms with Crippen LogP contribution in [-0.2, 0) is 0 Å². The van der Waals surface area contributed by atoms with Crippen LogP contribution in [0.15, 0.2) is 0 Å². The highest BCUT2D eigenvalue weighted by Gasteiger charge is 2.41. The Kier molecular flexibility index (Phi) is 6.13. The summed E-state index contributed by atoms with van der Waals surface area (Å²) in [5, 5.41) is 0. The maximum absolute atomic E-state index is 2.94. The molecule has 0 aliphatic carbocycles. The van der Waals surface area contributed by atoms with E-state index in [9.17, 15) is 0 Å². The lowest BCUT2D eigenvalue weighted by atomic mass is 11.2. The summed E-state index contributed by atoms with van der Waals surface area (Å²) in [6.07, 6.45) is 0. The van der Waals surface area contributed by atoms with Gasteiger partial charge in [-0.2, -0.15) is 0 Å². The van der Waals surface area contributed by atoms with Gasteiger partial charge in [-0.15, -0.1) is 0 Å². The predicted octanol–water partition coefficient (Wildman–Crippen LogP) is 4.89. The Morgan fingerprint density at radius 2 is 0.579 bits per heavy atom. The molecule has 0 aromatic rings. The van der Waals surface area contributed by atoms with E-state index in [1.165, 1.54) is 6.67 Å². The average molecular weight is 335 g/mol. The molecule has 0 rings (SSSR count). The van der Waals surface area contributed by atoms with Crippen LogP contribution in [0.1, 0.15) is 0 Å². The molecule has 0 atom stereocenters. The van der Waals surface area contributed by atoms with E-state index >= 15 is 0 Å². The van der Waals surface area contributed by atoms with Gasteiger partial charge in [-0.25, -0.2) is 0 Å². The molecule has 19 heavy (non-hydrogen) atoms. The molecule has 0 heterocycles. The molecule has 0 fully saturated rings. The van der Waals surface area contributed by atoms with Gasteiger partial charge in [-0.3, -0.25) is 0 Å². The molecular formula is C13H38N2Si4. The van der Waals surface area contributed by atoms with Crippen molar-refractivity contribution in [2.45, 2.75) is 78.6 Å². The fourth-order valence-corrected chi connectivity index (χ4v) is 21.9. The van der Waals surface area contributed by atoms with Crippen LogP contribution in [0.25, 0.3) is 0 Å². The zero-order valence-electron chi connectivity index (χ0n) is 15.6. The van der Waals surface area contributed by atoms with Crippen molar-refractivity contribution in [2.24, 2.45) is 0 Å². The highest BCUT2D eigenvalue weighted by molar-refractivity contribution is 6.91. The summed E-state index contributed by atoms with van der Waals surface area (Å²) in [5.41, 5.74) is 0. The number of nitrogens with zero attached hydrogens (tertiary/aromatic N) is 2. The second-order valence-electron chi connectivity index (χ2n) is 9.68. The van der Waals surface area contributed by atoms with E-state index in [2.05, 4.69) is 87.0 Å². The topological polar surface area (TPSA) is 6.48 Å². The Morgan fingerprint density at radius 1 is 0.421 bits per heavy atom. The zero-order valence-corrected chi connectivity index (χ0v) is 19.6. The summed E-state index contributed by atoms with van der Waals surface area (Å²) in [6, 6.07) is 0. The van der Waals surface area contributed by atoms with Gasteiger partial charge < -0.3 is 8.46 Å². The predicted molar refractivity (Wildman–Crippen MR) is 102 cm³/mol. The molecule has 116 valence electrons. The van der Waals surface area contributed by atoms with Gasteiger partial charge in [0.25, 0.3) is 0 Å². The Hall–Kier alpha value is 0.788. The Labute approximate surface area is 126 Å². The van der Waals surface area contributed by atoms with E-state index in [4.69, 9.17) is 0 Å². The summed E-state index contributed by atoms with van der Waals surface area (Å²) in [6.45, 7) is 31.4. The lowest BCUT2D eigenvalue weighted by molar-refractivity contribution is 0.462. The van der Waals surface area contributed by atoms with Crippen molar-refractivity contribution in [1.82, 2.24) is 8.46 Å². The van der Waals surface area contributed by atoms with Crippen LogP contribution >= 0.6 is 0 Å². The smallest absolute Gasteiger partial charge is 0.113 e. The molecule has 0 aliphatic heterocycles. The third-order valence-electron chi connectivity index (χ3n) is 3.52.